The Kier molecular flexibility index (Phi) is 5.89. The van der Waals surface area contributed by atoms with E-state index < -0.39 is 0 Å². The van der Waals surface area contributed by atoms with Crippen molar-refractivity contribution in [2.45, 2.75) is 25.9 Å². The van der Waals surface area contributed by atoms with Gasteiger partial charge in [-0.2, -0.15) is 0 Å². The van der Waals surface area contributed by atoms with E-state index in [1.807, 2.05) is 41.7 Å². The fourth-order valence-corrected chi connectivity index (χ4v) is 3.84. The van der Waals surface area contributed by atoms with Crippen molar-refractivity contribution < 1.29 is 9.18 Å². The lowest BCUT2D eigenvalue weighted by atomic mass is 9.97. The lowest BCUT2D eigenvalue weighted by Crippen LogP contribution is -2.41. The van der Waals surface area contributed by atoms with Gasteiger partial charge in [0.1, 0.15) is 5.82 Å². The summed E-state index contributed by atoms with van der Waals surface area (Å²) in [6, 6.07) is 14.0. The lowest BCUT2D eigenvalue weighted by Gasteiger charge is -2.33. The first-order valence-corrected chi connectivity index (χ1v) is 10.0. The maximum Gasteiger partial charge on any atom is 0.253 e. The van der Waals surface area contributed by atoms with Gasteiger partial charge in [0.05, 0.1) is 6.33 Å². The molecule has 0 unspecified atom stereocenters. The Balaban J connectivity index is 1.37. The SMILES string of the molecule is O=C(c1cccc(NCc2ccc(F)cc2)c1)N1CCC[C@@H](Cn2ccnc2)C1. The molecule has 1 amide bonds. The van der Waals surface area contributed by atoms with Crippen LogP contribution in [0.15, 0.2) is 67.3 Å². The second kappa shape index (κ2) is 8.90. The molecule has 1 aromatic heterocycles. The van der Waals surface area contributed by atoms with Crippen LogP contribution in [-0.2, 0) is 13.1 Å². The van der Waals surface area contributed by atoms with E-state index in [0.717, 1.165) is 43.7 Å². The molecule has 1 N–H and O–H groups in total. The number of benzene rings is 2. The van der Waals surface area contributed by atoms with Gasteiger partial charge in [-0.1, -0.05) is 18.2 Å². The highest BCUT2D eigenvalue weighted by molar-refractivity contribution is 5.95. The molecule has 1 aliphatic rings. The molecule has 0 radical (unpaired) electrons. The van der Waals surface area contributed by atoms with Gasteiger partial charge in [-0.3, -0.25) is 4.79 Å². The Morgan fingerprint density at radius 1 is 1.21 bits per heavy atom. The van der Waals surface area contributed by atoms with Crippen molar-refractivity contribution in [2.24, 2.45) is 5.92 Å². The zero-order chi connectivity index (χ0) is 20.1. The Morgan fingerprint density at radius 2 is 2.07 bits per heavy atom. The summed E-state index contributed by atoms with van der Waals surface area (Å²) in [5, 5.41) is 3.31. The number of anilines is 1. The van der Waals surface area contributed by atoms with E-state index in [0.29, 0.717) is 18.0 Å². The molecule has 5 nitrogen and oxygen atoms in total. The van der Waals surface area contributed by atoms with Crippen LogP contribution in [0.2, 0.25) is 0 Å². The molecule has 4 rings (SSSR count). The van der Waals surface area contributed by atoms with Gasteiger partial charge in [-0.15, -0.1) is 0 Å². The zero-order valence-electron chi connectivity index (χ0n) is 16.3. The number of likely N-dealkylation sites (tertiary alicyclic amines) is 1. The van der Waals surface area contributed by atoms with Crippen LogP contribution < -0.4 is 5.32 Å². The number of halogens is 1. The summed E-state index contributed by atoms with van der Waals surface area (Å²) in [6.45, 7) is 3.04. The van der Waals surface area contributed by atoms with Gasteiger partial charge in [-0.05, 0) is 54.7 Å². The normalized spacial score (nSPS) is 16.6. The van der Waals surface area contributed by atoms with Crippen molar-refractivity contribution in [2.75, 3.05) is 18.4 Å². The average molecular weight is 392 g/mol. The first-order chi connectivity index (χ1) is 14.2. The van der Waals surface area contributed by atoms with Gasteiger partial charge >= 0.3 is 0 Å². The van der Waals surface area contributed by atoms with E-state index in [2.05, 4.69) is 14.9 Å². The minimum absolute atomic E-state index is 0.0748. The van der Waals surface area contributed by atoms with E-state index in [-0.39, 0.29) is 11.7 Å². The van der Waals surface area contributed by atoms with Crippen LogP contribution in [0.4, 0.5) is 10.1 Å². The third kappa shape index (κ3) is 5.02. The Labute approximate surface area is 170 Å². The Hall–Kier alpha value is -3.15. The van der Waals surface area contributed by atoms with E-state index >= 15 is 0 Å². The largest absolute Gasteiger partial charge is 0.381 e. The minimum Gasteiger partial charge on any atom is -0.381 e. The van der Waals surface area contributed by atoms with Crippen LogP contribution in [0.25, 0.3) is 0 Å². The summed E-state index contributed by atoms with van der Waals surface area (Å²) in [5.41, 5.74) is 2.56. The summed E-state index contributed by atoms with van der Waals surface area (Å²) in [4.78, 5) is 19.1. The number of hydrogen-bond acceptors (Lipinski definition) is 3. The second-order valence-corrected chi connectivity index (χ2v) is 7.58. The fourth-order valence-electron chi connectivity index (χ4n) is 3.84. The van der Waals surface area contributed by atoms with Gasteiger partial charge < -0.3 is 14.8 Å². The van der Waals surface area contributed by atoms with Crippen LogP contribution in [0, 0.1) is 11.7 Å². The number of nitrogens with zero attached hydrogens (tertiary/aromatic N) is 3. The van der Waals surface area contributed by atoms with Gasteiger partial charge in [0.15, 0.2) is 0 Å². The van der Waals surface area contributed by atoms with Crippen molar-refractivity contribution >= 4 is 11.6 Å². The lowest BCUT2D eigenvalue weighted by molar-refractivity contribution is 0.0662. The number of piperidine rings is 1. The van der Waals surface area contributed by atoms with E-state index in [4.69, 9.17) is 0 Å². The van der Waals surface area contributed by atoms with Crippen LogP contribution in [0.5, 0.6) is 0 Å². The van der Waals surface area contributed by atoms with Crippen molar-refractivity contribution in [1.29, 1.82) is 0 Å². The predicted octanol–water partition coefficient (Wildman–Crippen LogP) is 4.19. The number of aromatic nitrogens is 2. The highest BCUT2D eigenvalue weighted by atomic mass is 19.1. The third-order valence-corrected chi connectivity index (χ3v) is 5.35. The highest BCUT2D eigenvalue weighted by Gasteiger charge is 2.24. The van der Waals surface area contributed by atoms with E-state index in [1.165, 1.54) is 12.1 Å². The Morgan fingerprint density at radius 3 is 2.86 bits per heavy atom. The molecular formula is C23H25FN4O. The molecule has 6 heteroatoms. The molecule has 2 aromatic carbocycles. The summed E-state index contributed by atoms with van der Waals surface area (Å²) in [6.07, 6.45) is 7.74. The summed E-state index contributed by atoms with van der Waals surface area (Å²) < 4.78 is 15.1. The average Bonchev–Trinajstić information content (AvgIpc) is 3.26. The molecule has 29 heavy (non-hydrogen) atoms. The van der Waals surface area contributed by atoms with Gasteiger partial charge in [0.2, 0.25) is 0 Å². The standard InChI is InChI=1S/C23H25FN4O/c24-21-8-6-18(7-9-21)14-26-22-5-1-4-20(13-22)23(29)28-11-2-3-19(16-28)15-27-12-10-25-17-27/h1,4-10,12-13,17,19,26H,2-3,11,14-16H2/t19-/m0/s1. The number of hydrogen-bond donors (Lipinski definition) is 1. The number of nitrogens with one attached hydrogen (secondary N) is 1. The van der Waals surface area contributed by atoms with Crippen LogP contribution in [-0.4, -0.2) is 33.4 Å². The highest BCUT2D eigenvalue weighted by Crippen LogP contribution is 2.21. The molecule has 3 aromatic rings. The molecule has 1 fully saturated rings. The third-order valence-electron chi connectivity index (χ3n) is 5.35. The summed E-state index contributed by atoms with van der Waals surface area (Å²) in [5.74, 6) is 0.279. The quantitative estimate of drug-likeness (QED) is 0.684. The number of carbonyl (C=O) groups excluding carboxylic acids is 1. The maximum atomic E-state index is 13.0. The van der Waals surface area contributed by atoms with Gasteiger partial charge in [0, 0.05) is 49.8 Å². The Bertz CT molecular complexity index is 940. The molecular weight excluding hydrogens is 367 g/mol. The second-order valence-electron chi connectivity index (χ2n) is 7.58. The molecule has 0 bridgehead atoms. The van der Waals surface area contributed by atoms with Gasteiger partial charge in [-0.25, -0.2) is 9.37 Å². The summed E-state index contributed by atoms with van der Waals surface area (Å²) in [7, 11) is 0. The van der Waals surface area contributed by atoms with Gasteiger partial charge in [0.25, 0.3) is 5.91 Å². The number of imidazole rings is 1. The molecule has 0 aliphatic carbocycles. The molecule has 1 aliphatic heterocycles. The molecule has 150 valence electrons. The fraction of sp³-hybridized carbons (Fsp3) is 0.304. The topological polar surface area (TPSA) is 50.2 Å². The number of rotatable bonds is 6. The van der Waals surface area contributed by atoms with Crippen LogP contribution >= 0.6 is 0 Å². The minimum atomic E-state index is -0.241. The monoisotopic (exact) mass is 392 g/mol. The van der Waals surface area contributed by atoms with Crippen molar-refractivity contribution in [1.82, 2.24) is 14.5 Å². The molecule has 1 atom stereocenters. The van der Waals surface area contributed by atoms with Crippen LogP contribution in [0.1, 0.15) is 28.8 Å². The zero-order valence-corrected chi connectivity index (χ0v) is 16.3. The van der Waals surface area contributed by atoms with E-state index in [1.54, 1.807) is 18.3 Å². The first-order valence-electron chi connectivity index (χ1n) is 10.0. The number of carbonyl (C=O) groups is 1. The maximum absolute atomic E-state index is 13.0. The van der Waals surface area contributed by atoms with E-state index in [9.17, 15) is 9.18 Å². The molecule has 2 heterocycles. The van der Waals surface area contributed by atoms with Crippen molar-refractivity contribution in [3.05, 3.63) is 84.2 Å². The van der Waals surface area contributed by atoms with Crippen molar-refractivity contribution in [3.8, 4) is 0 Å². The first kappa shape index (κ1) is 19.2. The molecule has 0 saturated carbocycles. The molecule has 1 saturated heterocycles. The van der Waals surface area contributed by atoms with Crippen LogP contribution in [0.3, 0.4) is 0 Å². The molecule has 0 spiro atoms. The summed E-state index contributed by atoms with van der Waals surface area (Å²) >= 11 is 0. The number of amides is 1. The van der Waals surface area contributed by atoms with Crippen molar-refractivity contribution in [3.63, 3.8) is 0 Å². The predicted molar refractivity (Wildman–Crippen MR) is 111 cm³/mol. The smallest absolute Gasteiger partial charge is 0.253 e.